The molecule has 0 aliphatic heterocycles. The Labute approximate surface area is 548 Å². The van der Waals surface area contributed by atoms with Crippen molar-refractivity contribution in [1.29, 1.82) is 10.8 Å². The van der Waals surface area contributed by atoms with Crippen molar-refractivity contribution in [3.63, 3.8) is 0 Å². The summed E-state index contributed by atoms with van der Waals surface area (Å²) in [5, 5.41) is 21.9. The van der Waals surface area contributed by atoms with Gasteiger partial charge in [0, 0.05) is 86.8 Å². The van der Waals surface area contributed by atoms with Gasteiger partial charge in [-0.05, 0) is 202 Å². The van der Waals surface area contributed by atoms with Crippen LogP contribution < -0.4 is 62.7 Å². The first-order chi connectivity index (χ1) is 45.2. The van der Waals surface area contributed by atoms with E-state index in [1.165, 1.54) is 12.1 Å². The maximum Gasteiger partial charge on any atom is 0.218 e. The van der Waals surface area contributed by atoms with Gasteiger partial charge in [-0.3, -0.25) is 25.8 Å². The molecule has 0 amide bonds. The van der Waals surface area contributed by atoms with Crippen LogP contribution in [0.15, 0.2) is 130 Å². The highest BCUT2D eigenvalue weighted by molar-refractivity contribution is 5.81. The largest absolute Gasteiger partial charge is 0.388 e. The van der Waals surface area contributed by atoms with Crippen LogP contribution in [0.5, 0.6) is 0 Å². The molecule has 23 N–H and O–H groups in total. The predicted octanol–water partition coefficient (Wildman–Crippen LogP) is 5.62. The fourth-order valence-corrected chi connectivity index (χ4v) is 9.52. The molecule has 18 nitrogen and oxygen atoms in total. The lowest BCUT2D eigenvalue weighted by Gasteiger charge is -2.07. The Kier molecular flexibility index (Phi) is 31.1. The summed E-state index contributed by atoms with van der Waals surface area (Å²) in [6, 6.07) is 29.5. The minimum absolute atomic E-state index is 0.000598. The third-order valence-electron chi connectivity index (χ3n) is 13.8. The summed E-state index contributed by atoms with van der Waals surface area (Å²) < 4.78 is 60.5. The van der Waals surface area contributed by atoms with E-state index in [1.807, 2.05) is 80.0 Å². The van der Waals surface area contributed by atoms with E-state index in [0.717, 1.165) is 73.7 Å². The minimum Gasteiger partial charge on any atom is -0.388 e. The summed E-state index contributed by atoms with van der Waals surface area (Å²) in [4.78, 5) is 12.0. The molecule has 0 saturated carbocycles. The molecule has 0 saturated heterocycles. The fraction of sp³-hybridized carbons (Fsp3) is 0.278. The molecule has 7 aromatic rings. The summed E-state index contributed by atoms with van der Waals surface area (Å²) in [5.41, 5.74) is 66.6. The first-order valence-corrected chi connectivity index (χ1v) is 30.5. The topological polar surface area (TPSA) is 375 Å². The number of hydrogen-bond donors (Lipinski definition) is 13. The first kappa shape index (κ1) is 74.0. The lowest BCUT2D eigenvalue weighted by molar-refractivity contribution is 0.578. The van der Waals surface area contributed by atoms with Crippen molar-refractivity contribution in [2.24, 2.45) is 72.3 Å². The lowest BCUT2D eigenvalue weighted by atomic mass is 9.99. The zero-order valence-corrected chi connectivity index (χ0v) is 53.2. The van der Waals surface area contributed by atoms with Crippen LogP contribution in [0.25, 0.3) is 0 Å². The lowest BCUT2D eigenvalue weighted by Crippen LogP contribution is -2.26. The van der Waals surface area contributed by atoms with E-state index in [9.17, 15) is 17.6 Å². The van der Waals surface area contributed by atoms with Gasteiger partial charge in [0.1, 0.15) is 23.3 Å². The summed E-state index contributed by atoms with van der Waals surface area (Å²) in [6.45, 7) is 2.82. The molecule has 490 valence electrons. The fourth-order valence-electron chi connectivity index (χ4n) is 9.52. The predicted molar refractivity (Wildman–Crippen MR) is 372 cm³/mol. The summed E-state index contributed by atoms with van der Waals surface area (Å²) in [6.07, 6.45) is 11.1. The van der Waals surface area contributed by atoms with Gasteiger partial charge in [0.2, 0.25) is 5.96 Å². The highest BCUT2D eigenvalue weighted by Crippen LogP contribution is 2.20. The Hall–Kier alpha value is -10.7. The third kappa shape index (κ3) is 26.6. The van der Waals surface area contributed by atoms with E-state index in [4.69, 9.17) is 68.2 Å². The zero-order chi connectivity index (χ0) is 68.4. The Bertz CT molecular complexity index is 3790. The first-order valence-electron chi connectivity index (χ1n) is 30.5. The van der Waals surface area contributed by atoms with Crippen molar-refractivity contribution in [3.05, 3.63) is 228 Å². The van der Waals surface area contributed by atoms with Crippen LogP contribution in [0, 0.1) is 81.5 Å². The second-order valence-corrected chi connectivity index (χ2v) is 21.5. The number of aliphatic imine (C=N–C) groups is 3. The van der Waals surface area contributed by atoms with Gasteiger partial charge in [-0.25, -0.2) is 22.2 Å². The number of rotatable bonds is 22. The summed E-state index contributed by atoms with van der Waals surface area (Å²) in [5.74, 6) is 21.3. The molecule has 0 unspecified atom stereocenters. The van der Waals surface area contributed by atoms with Crippen molar-refractivity contribution in [2.45, 2.75) is 77.0 Å². The number of amidine groups is 2. The van der Waals surface area contributed by atoms with Crippen LogP contribution in [0.1, 0.15) is 115 Å². The van der Waals surface area contributed by atoms with E-state index >= 15 is 0 Å². The highest BCUT2D eigenvalue weighted by Gasteiger charge is 2.11. The van der Waals surface area contributed by atoms with Gasteiger partial charge in [0.15, 0.2) is 11.9 Å². The molecular formula is C72H84F4N18. The van der Waals surface area contributed by atoms with Gasteiger partial charge in [-0.1, -0.05) is 71.6 Å². The molecule has 1 heterocycles. The molecule has 94 heavy (non-hydrogen) atoms. The maximum absolute atomic E-state index is 14.9. The van der Waals surface area contributed by atoms with Crippen LogP contribution in [0.2, 0.25) is 0 Å². The van der Waals surface area contributed by atoms with Crippen molar-refractivity contribution < 1.29 is 17.6 Å². The molecule has 0 radical (unpaired) electrons. The van der Waals surface area contributed by atoms with Gasteiger partial charge in [-0.2, -0.15) is 5.10 Å². The monoisotopic (exact) mass is 1280 g/mol. The Morgan fingerprint density at radius 1 is 0.436 bits per heavy atom. The van der Waals surface area contributed by atoms with E-state index in [0.29, 0.717) is 127 Å². The number of aromatic nitrogens is 2. The smallest absolute Gasteiger partial charge is 0.218 e. The molecule has 22 heteroatoms. The van der Waals surface area contributed by atoms with Gasteiger partial charge in [-0.15, -0.1) is 0 Å². The molecule has 0 atom stereocenters. The normalized spacial score (nSPS) is 10.4. The quantitative estimate of drug-likeness (QED) is 0.0170. The van der Waals surface area contributed by atoms with Crippen LogP contribution in [-0.2, 0) is 51.4 Å². The van der Waals surface area contributed by atoms with Crippen molar-refractivity contribution >= 4 is 29.5 Å². The SMILES string of the molecule is CN=C(NC)n1cccn1.N=C(N)CCCc1cc(C#Cc2cc(C#Cc3cc(CCCC(=N)N)cc(CCN=C(N)N)c3)c(F)cc2F)cc(CCN=C(N)N)c1.NCCc1cc(C#Cc2cc(C#Cc3cc(CCN)cc(CCN)c3)c(F)cc2F)cc(CCN)c1. The number of nitrogens with zero attached hydrogens (tertiary/aromatic N) is 5. The molecule has 6 aromatic carbocycles. The van der Waals surface area contributed by atoms with Crippen molar-refractivity contribution in [3.8, 4) is 47.4 Å². The molecule has 0 spiro atoms. The van der Waals surface area contributed by atoms with E-state index in [-0.39, 0.29) is 45.8 Å². The van der Waals surface area contributed by atoms with Crippen LogP contribution in [0.4, 0.5) is 17.6 Å². The Balaban J connectivity index is 0.000000304. The highest BCUT2D eigenvalue weighted by atomic mass is 19.1. The zero-order valence-electron chi connectivity index (χ0n) is 53.2. The number of nitrogens with two attached hydrogens (primary N) is 10. The molecule has 1 aromatic heterocycles. The summed E-state index contributed by atoms with van der Waals surface area (Å²) >= 11 is 0. The van der Waals surface area contributed by atoms with Gasteiger partial charge < -0.3 is 62.7 Å². The van der Waals surface area contributed by atoms with Gasteiger partial charge in [0.05, 0.1) is 33.9 Å². The van der Waals surface area contributed by atoms with Crippen LogP contribution in [-0.4, -0.2) is 92.7 Å². The van der Waals surface area contributed by atoms with E-state index in [2.05, 4.69) is 84.9 Å². The standard InChI is InChI=1S/C36H42F2N10.C30H32F2N4.C6H10N4/c37-31-22-32(38)30(10-8-26-16-24(4-2-6-34(41)42)18-28(20-26)12-14-48-36(45)46)21-29(31)9-7-25-15-23(3-1-5-33(39)40)17-27(19-25)11-13-47-35(43)44;31-29-20-30(32)28(4-2-22-15-25(7-11-35)18-26(16-22)8-12-36)19-27(29)3-1-21-13-23(5-9-33)17-24(14-21)6-10-34;1-7-6(8-2)10-5-3-4-9-10/h15-22H,1-6,11-14H2,(H3,39,40)(H3,41,42)(H4,43,44,47)(H4,45,46,48);13-20H,5-12,33-36H2;3-5H,1-2H3,(H,7,8). The number of hydrogen-bond acceptors (Lipinski definition) is 10. The second kappa shape index (κ2) is 39.5. The van der Waals surface area contributed by atoms with E-state index < -0.39 is 23.3 Å². The number of benzene rings is 6. The molecule has 7 rings (SSSR count). The average Bonchev–Trinajstić information content (AvgIpc) is 1.04. The Morgan fingerprint density at radius 2 is 0.734 bits per heavy atom. The van der Waals surface area contributed by atoms with Gasteiger partial charge in [0.25, 0.3) is 0 Å². The summed E-state index contributed by atoms with van der Waals surface area (Å²) in [7, 11) is 3.53. The average molecular weight is 1280 g/mol. The molecule has 0 aliphatic rings. The minimum atomic E-state index is -0.800. The van der Waals surface area contributed by atoms with Crippen LogP contribution in [0.3, 0.4) is 0 Å². The number of aryl methyl sites for hydroxylation is 2. The molecular weight excluding hydrogens is 1190 g/mol. The molecule has 0 bridgehead atoms. The van der Waals surface area contributed by atoms with Crippen molar-refractivity contribution in [2.75, 3.05) is 53.4 Å². The number of guanidine groups is 2. The number of nitrogens with one attached hydrogen (secondary N) is 3. The number of halogens is 4. The van der Waals surface area contributed by atoms with Crippen LogP contribution >= 0.6 is 0 Å². The Morgan fingerprint density at radius 3 is 0.979 bits per heavy atom. The van der Waals surface area contributed by atoms with E-state index in [1.54, 1.807) is 17.9 Å². The molecule has 0 aliphatic carbocycles. The third-order valence-corrected chi connectivity index (χ3v) is 13.8. The molecule has 0 fully saturated rings. The van der Waals surface area contributed by atoms with Crippen molar-refractivity contribution in [1.82, 2.24) is 15.1 Å². The maximum atomic E-state index is 14.9. The second-order valence-electron chi connectivity index (χ2n) is 21.5. The van der Waals surface area contributed by atoms with Gasteiger partial charge >= 0.3 is 0 Å².